The molecule has 0 heterocycles. The van der Waals surface area contributed by atoms with E-state index in [4.69, 9.17) is 5.11 Å². The SMILES string of the molecule is C=C(F)NCCO. The van der Waals surface area contributed by atoms with Crippen molar-refractivity contribution < 1.29 is 9.50 Å². The van der Waals surface area contributed by atoms with Crippen LogP contribution in [0.2, 0.25) is 0 Å². The first kappa shape index (κ1) is 6.43. The predicted octanol–water partition coefficient (Wildman–Crippen LogP) is 0.00900. The van der Waals surface area contributed by atoms with E-state index < -0.39 is 5.95 Å². The van der Waals surface area contributed by atoms with Crippen LogP contribution in [-0.4, -0.2) is 18.3 Å². The quantitative estimate of drug-likeness (QED) is 0.495. The minimum Gasteiger partial charge on any atom is -0.395 e. The summed E-state index contributed by atoms with van der Waals surface area (Å²) >= 11 is 0. The summed E-state index contributed by atoms with van der Waals surface area (Å²) in [5, 5.41) is 10.2. The molecule has 0 aromatic heterocycles. The van der Waals surface area contributed by atoms with Gasteiger partial charge in [-0.05, 0) is 6.58 Å². The molecule has 0 fully saturated rings. The molecule has 0 aliphatic carbocycles. The summed E-state index contributed by atoms with van der Waals surface area (Å²) in [6, 6.07) is 0. The maximum atomic E-state index is 11.5. The summed E-state index contributed by atoms with van der Waals surface area (Å²) in [5.41, 5.74) is 0. The van der Waals surface area contributed by atoms with Crippen molar-refractivity contribution >= 4 is 0 Å². The lowest BCUT2D eigenvalue weighted by atomic mass is 10.7. The van der Waals surface area contributed by atoms with Crippen molar-refractivity contribution in [3.8, 4) is 0 Å². The maximum Gasteiger partial charge on any atom is 0.179 e. The second-order valence-corrected chi connectivity index (χ2v) is 1.06. The second kappa shape index (κ2) is 3.61. The summed E-state index contributed by atoms with van der Waals surface area (Å²) < 4.78 is 11.5. The van der Waals surface area contributed by atoms with E-state index in [1.807, 2.05) is 0 Å². The average molecular weight is 105 g/mol. The Hall–Kier alpha value is -0.570. The highest BCUT2D eigenvalue weighted by Crippen LogP contribution is 1.78. The van der Waals surface area contributed by atoms with Crippen LogP contribution in [0.15, 0.2) is 12.5 Å². The molecule has 0 radical (unpaired) electrons. The summed E-state index contributed by atoms with van der Waals surface area (Å²) in [6.07, 6.45) is 0. The van der Waals surface area contributed by atoms with Crippen LogP contribution in [0.5, 0.6) is 0 Å². The molecule has 2 nitrogen and oxygen atoms in total. The number of hydrogen-bond acceptors (Lipinski definition) is 2. The maximum absolute atomic E-state index is 11.5. The summed E-state index contributed by atoms with van der Waals surface area (Å²) in [4.78, 5) is 0. The highest BCUT2D eigenvalue weighted by molar-refractivity contribution is 4.74. The highest BCUT2D eigenvalue weighted by Gasteiger charge is 1.81. The van der Waals surface area contributed by atoms with E-state index in [2.05, 4.69) is 11.9 Å². The topological polar surface area (TPSA) is 32.3 Å². The number of aliphatic hydroxyl groups excluding tert-OH is 1. The van der Waals surface area contributed by atoms with Gasteiger partial charge in [-0.1, -0.05) is 0 Å². The molecule has 0 aliphatic rings. The standard InChI is InChI=1S/C4H8FNO/c1-4(5)6-2-3-7/h6-7H,1-3H2. The molecule has 0 unspecified atom stereocenters. The van der Waals surface area contributed by atoms with E-state index in [9.17, 15) is 4.39 Å². The third-order valence-corrected chi connectivity index (χ3v) is 0.429. The summed E-state index contributed by atoms with van der Waals surface area (Å²) in [6.45, 7) is 3.07. The molecular formula is C4H8FNO. The fraction of sp³-hybridized carbons (Fsp3) is 0.500. The van der Waals surface area contributed by atoms with Crippen LogP contribution in [0.25, 0.3) is 0 Å². The Morgan fingerprint density at radius 1 is 1.86 bits per heavy atom. The van der Waals surface area contributed by atoms with Crippen LogP contribution in [0.1, 0.15) is 0 Å². The molecule has 42 valence electrons. The van der Waals surface area contributed by atoms with Crippen LogP contribution in [0.4, 0.5) is 4.39 Å². The molecule has 0 aliphatic heterocycles. The molecule has 0 rings (SSSR count). The second-order valence-electron chi connectivity index (χ2n) is 1.06. The number of aliphatic hydroxyl groups is 1. The molecule has 2 N–H and O–H groups in total. The van der Waals surface area contributed by atoms with Crippen LogP contribution in [-0.2, 0) is 0 Å². The van der Waals surface area contributed by atoms with Gasteiger partial charge >= 0.3 is 0 Å². The first-order valence-electron chi connectivity index (χ1n) is 1.96. The van der Waals surface area contributed by atoms with E-state index in [-0.39, 0.29) is 13.2 Å². The van der Waals surface area contributed by atoms with Crippen molar-refractivity contribution in [2.75, 3.05) is 13.2 Å². The molecule has 0 bridgehead atoms. The van der Waals surface area contributed by atoms with Crippen LogP contribution in [0.3, 0.4) is 0 Å². The first-order valence-corrected chi connectivity index (χ1v) is 1.96. The van der Waals surface area contributed by atoms with Gasteiger partial charge in [0, 0.05) is 6.54 Å². The molecule has 3 heteroatoms. The van der Waals surface area contributed by atoms with Gasteiger partial charge in [0.2, 0.25) is 0 Å². The van der Waals surface area contributed by atoms with Crippen molar-refractivity contribution in [3.05, 3.63) is 12.5 Å². The zero-order valence-corrected chi connectivity index (χ0v) is 3.95. The van der Waals surface area contributed by atoms with Crippen molar-refractivity contribution in [2.24, 2.45) is 0 Å². The van der Waals surface area contributed by atoms with Gasteiger partial charge in [-0.25, -0.2) is 0 Å². The Morgan fingerprint density at radius 3 is 2.57 bits per heavy atom. The largest absolute Gasteiger partial charge is 0.395 e. The first-order chi connectivity index (χ1) is 3.27. The molecule has 0 saturated heterocycles. The number of hydrogen-bond donors (Lipinski definition) is 2. The molecule has 0 saturated carbocycles. The van der Waals surface area contributed by atoms with E-state index >= 15 is 0 Å². The van der Waals surface area contributed by atoms with Gasteiger partial charge in [-0.3, -0.25) is 0 Å². The lowest BCUT2D eigenvalue weighted by Crippen LogP contribution is -2.13. The highest BCUT2D eigenvalue weighted by atomic mass is 19.1. The fourth-order valence-electron chi connectivity index (χ4n) is 0.192. The molecule has 0 atom stereocenters. The van der Waals surface area contributed by atoms with Gasteiger partial charge in [-0.2, -0.15) is 4.39 Å². The van der Waals surface area contributed by atoms with Gasteiger partial charge < -0.3 is 10.4 Å². The minimum atomic E-state index is -0.603. The number of nitrogens with one attached hydrogen (secondary N) is 1. The van der Waals surface area contributed by atoms with Crippen molar-refractivity contribution in [1.29, 1.82) is 0 Å². The average Bonchev–Trinajstić information content (AvgIpc) is 1.61. The zero-order chi connectivity index (χ0) is 5.70. The van der Waals surface area contributed by atoms with Crippen molar-refractivity contribution in [2.45, 2.75) is 0 Å². The number of halogens is 1. The Labute approximate surface area is 41.7 Å². The predicted molar refractivity (Wildman–Crippen MR) is 25.3 cm³/mol. The van der Waals surface area contributed by atoms with Gasteiger partial charge in [0.1, 0.15) is 0 Å². The Bertz CT molecular complexity index is 64.7. The van der Waals surface area contributed by atoms with Gasteiger partial charge in [0.25, 0.3) is 0 Å². The van der Waals surface area contributed by atoms with E-state index in [0.29, 0.717) is 0 Å². The summed E-state index contributed by atoms with van der Waals surface area (Å²) in [7, 11) is 0. The lowest BCUT2D eigenvalue weighted by molar-refractivity contribution is 0.292. The lowest BCUT2D eigenvalue weighted by Gasteiger charge is -1.94. The minimum absolute atomic E-state index is 0.0665. The molecule has 7 heavy (non-hydrogen) atoms. The summed E-state index contributed by atoms with van der Waals surface area (Å²) in [5.74, 6) is -0.603. The Balaban J connectivity index is 2.82. The van der Waals surface area contributed by atoms with Crippen LogP contribution < -0.4 is 5.32 Å². The normalized spacial score (nSPS) is 8.29. The van der Waals surface area contributed by atoms with Gasteiger partial charge in [-0.15, -0.1) is 0 Å². The molecule has 0 aromatic carbocycles. The van der Waals surface area contributed by atoms with Gasteiger partial charge in [0.05, 0.1) is 6.61 Å². The number of rotatable bonds is 3. The van der Waals surface area contributed by atoms with Crippen LogP contribution in [0, 0.1) is 0 Å². The van der Waals surface area contributed by atoms with E-state index in [0.717, 1.165) is 0 Å². The van der Waals surface area contributed by atoms with Crippen molar-refractivity contribution in [3.63, 3.8) is 0 Å². The zero-order valence-electron chi connectivity index (χ0n) is 3.95. The molecule has 0 amide bonds. The molecular weight excluding hydrogens is 97.0 g/mol. The van der Waals surface area contributed by atoms with Gasteiger partial charge in [0.15, 0.2) is 5.95 Å². The van der Waals surface area contributed by atoms with E-state index in [1.165, 1.54) is 0 Å². The third kappa shape index (κ3) is 5.43. The third-order valence-electron chi connectivity index (χ3n) is 0.429. The van der Waals surface area contributed by atoms with Crippen molar-refractivity contribution in [1.82, 2.24) is 5.32 Å². The monoisotopic (exact) mass is 105 g/mol. The molecule has 0 spiro atoms. The fourth-order valence-corrected chi connectivity index (χ4v) is 0.192. The molecule has 0 aromatic rings. The van der Waals surface area contributed by atoms with Crippen LogP contribution >= 0.6 is 0 Å². The Kier molecular flexibility index (Phi) is 3.32. The van der Waals surface area contributed by atoms with E-state index in [1.54, 1.807) is 0 Å². The Morgan fingerprint density at radius 2 is 2.43 bits per heavy atom. The smallest absolute Gasteiger partial charge is 0.179 e.